The van der Waals surface area contributed by atoms with Gasteiger partial charge in [0.25, 0.3) is 0 Å². The SMILES string of the molecule is CC1=CC2CC3C=C(C)SC3C2S1. The van der Waals surface area contributed by atoms with Crippen LogP contribution in [0, 0.1) is 11.8 Å². The first kappa shape index (κ1) is 8.49. The van der Waals surface area contributed by atoms with Gasteiger partial charge in [-0.1, -0.05) is 12.2 Å². The zero-order valence-electron chi connectivity index (χ0n) is 7.99. The average molecular weight is 210 g/mol. The molecule has 2 aliphatic heterocycles. The number of hydrogen-bond donors (Lipinski definition) is 0. The standard InChI is InChI=1S/C11H14S2/c1-6-3-8-5-9-4-7(2)13-11(9)10(8)12-6/h3-4,8-11H,5H2,1-2H3. The Morgan fingerprint density at radius 1 is 1.00 bits per heavy atom. The minimum absolute atomic E-state index is 0.886. The fourth-order valence-electron chi connectivity index (χ4n) is 2.82. The van der Waals surface area contributed by atoms with Gasteiger partial charge in [0.1, 0.15) is 0 Å². The van der Waals surface area contributed by atoms with Crippen molar-refractivity contribution in [3.8, 4) is 0 Å². The predicted molar refractivity (Wildman–Crippen MR) is 61.9 cm³/mol. The molecule has 2 heteroatoms. The first-order valence-electron chi connectivity index (χ1n) is 4.94. The van der Waals surface area contributed by atoms with Crippen molar-refractivity contribution < 1.29 is 0 Å². The normalized spacial score (nSPS) is 47.2. The molecule has 0 radical (unpaired) electrons. The molecule has 0 nitrogen and oxygen atoms in total. The molecule has 1 fully saturated rings. The van der Waals surface area contributed by atoms with Gasteiger partial charge in [-0.15, -0.1) is 23.5 Å². The molecule has 0 aromatic rings. The second-order valence-corrected chi connectivity index (χ2v) is 7.13. The van der Waals surface area contributed by atoms with Crippen LogP contribution in [-0.2, 0) is 0 Å². The van der Waals surface area contributed by atoms with Gasteiger partial charge in [-0.05, 0) is 41.9 Å². The molecule has 0 bridgehead atoms. The van der Waals surface area contributed by atoms with Gasteiger partial charge in [0.15, 0.2) is 0 Å². The van der Waals surface area contributed by atoms with Gasteiger partial charge in [0.05, 0.1) is 0 Å². The zero-order valence-corrected chi connectivity index (χ0v) is 9.62. The van der Waals surface area contributed by atoms with E-state index in [-0.39, 0.29) is 0 Å². The summed E-state index contributed by atoms with van der Waals surface area (Å²) in [6.07, 6.45) is 6.40. The van der Waals surface area contributed by atoms with E-state index >= 15 is 0 Å². The molecule has 3 aliphatic rings. The number of hydrogen-bond acceptors (Lipinski definition) is 2. The third-order valence-electron chi connectivity index (χ3n) is 3.25. The molecule has 0 N–H and O–H groups in total. The maximum atomic E-state index is 2.50. The van der Waals surface area contributed by atoms with Crippen LogP contribution in [0.4, 0.5) is 0 Å². The van der Waals surface area contributed by atoms with E-state index in [9.17, 15) is 0 Å². The van der Waals surface area contributed by atoms with Crippen LogP contribution in [0.2, 0.25) is 0 Å². The summed E-state index contributed by atoms with van der Waals surface area (Å²) in [4.78, 5) is 3.11. The molecule has 0 aromatic heterocycles. The van der Waals surface area contributed by atoms with E-state index in [1.807, 2.05) is 0 Å². The van der Waals surface area contributed by atoms with E-state index in [0.717, 1.165) is 22.3 Å². The second kappa shape index (κ2) is 2.83. The van der Waals surface area contributed by atoms with Crippen molar-refractivity contribution in [1.82, 2.24) is 0 Å². The van der Waals surface area contributed by atoms with Crippen molar-refractivity contribution in [2.45, 2.75) is 30.8 Å². The van der Waals surface area contributed by atoms with Gasteiger partial charge in [0, 0.05) is 10.5 Å². The predicted octanol–water partition coefficient (Wildman–Crippen LogP) is 3.66. The molecular weight excluding hydrogens is 196 g/mol. The van der Waals surface area contributed by atoms with Crippen LogP contribution in [0.15, 0.2) is 22.0 Å². The van der Waals surface area contributed by atoms with Gasteiger partial charge in [-0.3, -0.25) is 0 Å². The summed E-state index contributed by atoms with van der Waals surface area (Å²) in [7, 11) is 0. The summed E-state index contributed by atoms with van der Waals surface area (Å²) in [6.45, 7) is 4.52. The highest BCUT2D eigenvalue weighted by Gasteiger charge is 2.47. The molecular formula is C11H14S2. The van der Waals surface area contributed by atoms with E-state index in [4.69, 9.17) is 0 Å². The largest absolute Gasteiger partial charge is 0.126 e. The Morgan fingerprint density at radius 2 is 1.46 bits per heavy atom. The highest BCUT2D eigenvalue weighted by molar-refractivity contribution is 8.07. The minimum atomic E-state index is 0.886. The van der Waals surface area contributed by atoms with Gasteiger partial charge >= 0.3 is 0 Å². The molecule has 0 saturated heterocycles. The Morgan fingerprint density at radius 3 is 1.92 bits per heavy atom. The van der Waals surface area contributed by atoms with Crippen LogP contribution in [0.25, 0.3) is 0 Å². The van der Waals surface area contributed by atoms with Gasteiger partial charge in [-0.2, -0.15) is 0 Å². The van der Waals surface area contributed by atoms with Crippen LogP contribution in [0.1, 0.15) is 20.3 Å². The Bertz CT molecular complexity index is 273. The summed E-state index contributed by atoms with van der Waals surface area (Å²) in [5.74, 6) is 1.77. The molecule has 4 atom stereocenters. The smallest absolute Gasteiger partial charge is 0.0282 e. The lowest BCUT2D eigenvalue weighted by Crippen LogP contribution is -2.16. The molecule has 13 heavy (non-hydrogen) atoms. The highest BCUT2D eigenvalue weighted by Crippen LogP contribution is 2.56. The Labute approximate surface area is 88.2 Å². The van der Waals surface area contributed by atoms with E-state index < -0.39 is 0 Å². The lowest BCUT2D eigenvalue weighted by Gasteiger charge is -2.16. The summed E-state index contributed by atoms with van der Waals surface area (Å²) in [5.41, 5.74) is 0. The van der Waals surface area contributed by atoms with Crippen molar-refractivity contribution >= 4 is 23.5 Å². The number of allylic oxidation sites excluding steroid dienone is 4. The third-order valence-corrected chi connectivity index (χ3v) is 6.27. The van der Waals surface area contributed by atoms with E-state index in [1.54, 1.807) is 9.81 Å². The second-order valence-electron chi connectivity index (χ2n) is 4.28. The van der Waals surface area contributed by atoms with Crippen LogP contribution in [-0.4, -0.2) is 10.5 Å². The highest BCUT2D eigenvalue weighted by atomic mass is 32.2. The van der Waals surface area contributed by atoms with Crippen molar-refractivity contribution in [3.05, 3.63) is 22.0 Å². The fourth-order valence-corrected chi connectivity index (χ4v) is 5.91. The molecule has 1 saturated carbocycles. The Hall–Kier alpha value is 0.180. The number of fused-ring (bicyclic) bond motifs is 3. The lowest BCUT2D eigenvalue weighted by molar-refractivity contribution is 0.648. The quantitative estimate of drug-likeness (QED) is 0.598. The molecule has 0 spiro atoms. The summed E-state index contributed by atoms with van der Waals surface area (Å²) >= 11 is 4.24. The van der Waals surface area contributed by atoms with Crippen molar-refractivity contribution in [1.29, 1.82) is 0 Å². The molecule has 3 rings (SSSR count). The maximum absolute atomic E-state index is 2.50. The molecule has 0 aromatic carbocycles. The Balaban J connectivity index is 1.86. The van der Waals surface area contributed by atoms with E-state index in [2.05, 4.69) is 49.5 Å². The van der Waals surface area contributed by atoms with Crippen molar-refractivity contribution in [2.24, 2.45) is 11.8 Å². The fraction of sp³-hybridized carbons (Fsp3) is 0.636. The summed E-state index contributed by atoms with van der Waals surface area (Å²) in [6, 6.07) is 0. The molecule has 1 aliphatic carbocycles. The van der Waals surface area contributed by atoms with Crippen LogP contribution in [0.5, 0.6) is 0 Å². The first-order valence-corrected chi connectivity index (χ1v) is 6.70. The van der Waals surface area contributed by atoms with E-state index in [1.165, 1.54) is 6.42 Å². The summed E-state index contributed by atoms with van der Waals surface area (Å²) < 4.78 is 0. The van der Waals surface area contributed by atoms with Crippen molar-refractivity contribution in [3.63, 3.8) is 0 Å². The summed E-state index contributed by atoms with van der Waals surface area (Å²) in [5, 5.41) is 1.78. The first-order chi connectivity index (χ1) is 6.24. The average Bonchev–Trinajstić information content (AvgIpc) is 2.60. The third kappa shape index (κ3) is 1.22. The van der Waals surface area contributed by atoms with Gasteiger partial charge < -0.3 is 0 Å². The Kier molecular flexibility index (Phi) is 1.85. The zero-order chi connectivity index (χ0) is 9.00. The topological polar surface area (TPSA) is 0 Å². The van der Waals surface area contributed by atoms with Crippen LogP contribution < -0.4 is 0 Å². The van der Waals surface area contributed by atoms with Gasteiger partial charge in [0.2, 0.25) is 0 Å². The molecule has 70 valence electrons. The van der Waals surface area contributed by atoms with Crippen LogP contribution in [0.3, 0.4) is 0 Å². The number of thioether (sulfide) groups is 2. The van der Waals surface area contributed by atoms with E-state index in [0.29, 0.717) is 0 Å². The molecule has 0 amide bonds. The molecule has 2 heterocycles. The molecule has 4 unspecified atom stereocenters. The maximum Gasteiger partial charge on any atom is 0.0282 e. The number of rotatable bonds is 0. The minimum Gasteiger partial charge on any atom is -0.126 e. The van der Waals surface area contributed by atoms with Crippen molar-refractivity contribution in [2.75, 3.05) is 0 Å². The lowest BCUT2D eigenvalue weighted by atomic mass is 10.0. The van der Waals surface area contributed by atoms with Gasteiger partial charge in [-0.25, -0.2) is 0 Å². The van der Waals surface area contributed by atoms with Crippen LogP contribution >= 0.6 is 23.5 Å². The monoisotopic (exact) mass is 210 g/mol.